The minimum atomic E-state index is -4.53. The van der Waals surface area contributed by atoms with Gasteiger partial charge in [-0.25, -0.2) is 9.18 Å². The molecule has 2 atom stereocenters. The SMILES string of the molecule is O=C(O)[C@@H]1COCN1C(=O)c1cc(C2CC2)c(OCC2CCN(C(c3cc(Cl)cc(Cl)c3)C(F)(F)F)CC2)cc1F. The maximum absolute atomic E-state index is 15.1. The fraction of sp³-hybridized carbons (Fsp3) is 0.500. The Bertz CT molecular complexity index is 1290. The maximum Gasteiger partial charge on any atom is 0.408 e. The number of aliphatic carboxylic acids is 1. The monoisotopic (exact) mass is 618 g/mol. The van der Waals surface area contributed by atoms with E-state index in [4.69, 9.17) is 32.7 Å². The Labute approximate surface area is 243 Å². The Morgan fingerprint density at radius 2 is 1.71 bits per heavy atom. The van der Waals surface area contributed by atoms with Crippen LogP contribution in [-0.2, 0) is 9.53 Å². The highest BCUT2D eigenvalue weighted by Crippen LogP contribution is 2.46. The number of nitrogens with zero attached hydrogens (tertiary/aromatic N) is 2. The average Bonchev–Trinajstić information content (AvgIpc) is 3.61. The van der Waals surface area contributed by atoms with Crippen LogP contribution in [0.1, 0.15) is 59.1 Å². The maximum atomic E-state index is 15.1. The number of alkyl halides is 3. The first-order valence-electron chi connectivity index (χ1n) is 13.3. The van der Waals surface area contributed by atoms with Crippen molar-refractivity contribution in [2.24, 2.45) is 5.92 Å². The van der Waals surface area contributed by atoms with Crippen LogP contribution in [0.15, 0.2) is 30.3 Å². The van der Waals surface area contributed by atoms with Gasteiger partial charge in [0, 0.05) is 16.1 Å². The van der Waals surface area contributed by atoms with E-state index in [-0.39, 0.29) is 71.8 Å². The number of benzene rings is 2. The second-order valence-electron chi connectivity index (χ2n) is 10.7. The fourth-order valence-electron chi connectivity index (χ4n) is 5.50. The zero-order valence-electron chi connectivity index (χ0n) is 21.8. The predicted molar refractivity (Wildman–Crippen MR) is 142 cm³/mol. The smallest absolute Gasteiger partial charge is 0.408 e. The lowest BCUT2D eigenvalue weighted by Gasteiger charge is -2.38. The van der Waals surface area contributed by atoms with Gasteiger partial charge in [-0.05, 0) is 86.0 Å². The molecule has 0 radical (unpaired) electrons. The molecule has 2 aliphatic heterocycles. The lowest BCUT2D eigenvalue weighted by atomic mass is 9.94. The molecule has 1 aliphatic carbocycles. The van der Waals surface area contributed by atoms with E-state index in [0.29, 0.717) is 18.4 Å². The molecule has 0 aromatic heterocycles. The Morgan fingerprint density at radius 1 is 1.05 bits per heavy atom. The van der Waals surface area contributed by atoms with E-state index < -0.39 is 36.0 Å². The van der Waals surface area contributed by atoms with Crippen molar-refractivity contribution in [3.05, 3.63) is 62.9 Å². The summed E-state index contributed by atoms with van der Waals surface area (Å²) in [4.78, 5) is 26.8. The Balaban J connectivity index is 1.25. The molecule has 1 unspecified atom stereocenters. The van der Waals surface area contributed by atoms with Gasteiger partial charge in [-0.1, -0.05) is 23.2 Å². The predicted octanol–water partition coefficient (Wildman–Crippen LogP) is 6.29. The number of hydrogen-bond donors (Lipinski definition) is 1. The van der Waals surface area contributed by atoms with E-state index in [1.807, 2.05) is 0 Å². The highest BCUT2D eigenvalue weighted by molar-refractivity contribution is 6.34. The van der Waals surface area contributed by atoms with E-state index in [0.717, 1.165) is 23.8 Å². The van der Waals surface area contributed by atoms with Gasteiger partial charge >= 0.3 is 12.1 Å². The number of carbonyl (C=O) groups excluding carboxylic acids is 1. The minimum absolute atomic E-state index is 0.0148. The number of amides is 1. The molecule has 1 amide bonds. The summed E-state index contributed by atoms with van der Waals surface area (Å²) in [5, 5.41) is 9.61. The topological polar surface area (TPSA) is 79.3 Å². The van der Waals surface area contributed by atoms with Gasteiger partial charge in [0.05, 0.1) is 18.8 Å². The first kappa shape index (κ1) is 29.9. The van der Waals surface area contributed by atoms with Crippen molar-refractivity contribution in [3.63, 3.8) is 0 Å². The number of ether oxygens (including phenoxy) is 2. The first-order valence-corrected chi connectivity index (χ1v) is 14.0. The summed E-state index contributed by atoms with van der Waals surface area (Å²) >= 11 is 11.9. The highest BCUT2D eigenvalue weighted by atomic mass is 35.5. The third kappa shape index (κ3) is 6.74. The Hall–Kier alpha value is -2.60. The van der Waals surface area contributed by atoms with Crippen LogP contribution in [0.4, 0.5) is 17.6 Å². The van der Waals surface area contributed by atoms with Gasteiger partial charge in [0.1, 0.15) is 24.3 Å². The van der Waals surface area contributed by atoms with Crippen LogP contribution in [0.5, 0.6) is 5.75 Å². The van der Waals surface area contributed by atoms with E-state index in [1.54, 1.807) is 0 Å². The molecule has 5 rings (SSSR count). The molecule has 222 valence electrons. The lowest BCUT2D eigenvalue weighted by molar-refractivity contribution is -0.190. The number of hydrogen-bond acceptors (Lipinski definition) is 5. The Kier molecular flexibility index (Phi) is 8.71. The van der Waals surface area contributed by atoms with Gasteiger partial charge in [-0.3, -0.25) is 14.6 Å². The van der Waals surface area contributed by atoms with Crippen molar-refractivity contribution < 1.29 is 41.7 Å². The van der Waals surface area contributed by atoms with Crippen molar-refractivity contribution in [3.8, 4) is 5.75 Å². The van der Waals surface area contributed by atoms with Crippen molar-refractivity contribution in [1.29, 1.82) is 0 Å². The highest BCUT2D eigenvalue weighted by Gasteiger charge is 2.46. The molecule has 2 aromatic carbocycles. The van der Waals surface area contributed by atoms with Gasteiger partial charge in [-0.2, -0.15) is 13.2 Å². The number of halogens is 6. The summed E-state index contributed by atoms with van der Waals surface area (Å²) in [6.07, 6.45) is -1.98. The molecule has 3 aliphatic rings. The van der Waals surface area contributed by atoms with Crippen molar-refractivity contribution in [1.82, 2.24) is 9.80 Å². The van der Waals surface area contributed by atoms with Crippen LogP contribution < -0.4 is 4.74 Å². The second-order valence-corrected chi connectivity index (χ2v) is 11.6. The van der Waals surface area contributed by atoms with Crippen molar-refractivity contribution in [2.75, 3.05) is 33.0 Å². The van der Waals surface area contributed by atoms with E-state index in [1.165, 1.54) is 29.2 Å². The summed E-state index contributed by atoms with van der Waals surface area (Å²) in [6, 6.07) is 3.48. The largest absolute Gasteiger partial charge is 0.493 e. The summed E-state index contributed by atoms with van der Waals surface area (Å²) in [5.74, 6) is -2.53. The summed E-state index contributed by atoms with van der Waals surface area (Å²) in [7, 11) is 0. The Morgan fingerprint density at radius 3 is 2.29 bits per heavy atom. The molecule has 2 heterocycles. The normalized spacial score (nSPS) is 21.2. The molecular formula is C28H28Cl2F4N2O5. The number of carboxylic acid groups (broad SMARTS) is 1. The number of rotatable bonds is 8. The number of likely N-dealkylation sites (tertiary alicyclic amines) is 1. The molecule has 1 N–H and O–H groups in total. The van der Waals surface area contributed by atoms with Crippen LogP contribution in [0, 0.1) is 11.7 Å². The van der Waals surface area contributed by atoms with Crippen LogP contribution in [0.3, 0.4) is 0 Å². The zero-order chi connectivity index (χ0) is 29.5. The first-order chi connectivity index (χ1) is 19.4. The molecule has 13 heteroatoms. The standard InChI is InChI=1S/C28H28Cl2F4N2O5/c29-18-7-17(8-19(30)9-18)25(28(32,33)34)35-5-3-15(4-6-35)12-41-24-11-22(31)21(10-20(24)16-1-2-16)26(37)36-14-40-13-23(36)27(38)39/h7-11,15-16,23,25H,1-6,12-14H2,(H,38,39)/t23-,25?/m0/s1. The zero-order valence-corrected chi connectivity index (χ0v) is 23.3. The average molecular weight is 619 g/mol. The molecule has 7 nitrogen and oxygen atoms in total. The van der Waals surface area contributed by atoms with E-state index in [2.05, 4.69) is 0 Å². The fourth-order valence-corrected chi connectivity index (χ4v) is 6.04. The molecule has 0 spiro atoms. The molecular weight excluding hydrogens is 591 g/mol. The molecule has 1 saturated carbocycles. The third-order valence-electron chi connectivity index (χ3n) is 7.77. The molecule has 2 aromatic rings. The summed E-state index contributed by atoms with van der Waals surface area (Å²) in [6.45, 7) is 0.102. The molecule has 3 fully saturated rings. The summed E-state index contributed by atoms with van der Waals surface area (Å²) < 4.78 is 68.5. The van der Waals surface area contributed by atoms with E-state index in [9.17, 15) is 27.9 Å². The van der Waals surface area contributed by atoms with Crippen molar-refractivity contribution >= 4 is 35.1 Å². The quantitative estimate of drug-likeness (QED) is 0.350. The minimum Gasteiger partial charge on any atom is -0.493 e. The van der Waals surface area contributed by atoms with Crippen LogP contribution in [0.2, 0.25) is 10.0 Å². The van der Waals surface area contributed by atoms with Gasteiger partial charge in [-0.15, -0.1) is 0 Å². The van der Waals surface area contributed by atoms with Gasteiger partial charge < -0.3 is 14.6 Å². The molecule has 2 saturated heterocycles. The molecule has 41 heavy (non-hydrogen) atoms. The van der Waals surface area contributed by atoms with Crippen LogP contribution in [0.25, 0.3) is 0 Å². The summed E-state index contributed by atoms with van der Waals surface area (Å²) in [5.41, 5.74) is 0.400. The lowest BCUT2D eigenvalue weighted by Crippen LogP contribution is -2.44. The van der Waals surface area contributed by atoms with Gasteiger partial charge in [0.15, 0.2) is 6.04 Å². The number of carboxylic acids is 1. The molecule has 0 bridgehead atoms. The third-order valence-corrected chi connectivity index (χ3v) is 8.21. The van der Waals surface area contributed by atoms with Gasteiger partial charge in [0.25, 0.3) is 5.91 Å². The van der Waals surface area contributed by atoms with Crippen molar-refractivity contribution in [2.45, 2.75) is 49.9 Å². The second kappa shape index (κ2) is 11.9. The number of piperidine rings is 1. The van der Waals surface area contributed by atoms with Crippen LogP contribution >= 0.6 is 23.2 Å². The van der Waals surface area contributed by atoms with Crippen LogP contribution in [-0.4, -0.2) is 72.0 Å². The number of carbonyl (C=O) groups is 2. The van der Waals surface area contributed by atoms with Gasteiger partial charge in [0.2, 0.25) is 0 Å². The van der Waals surface area contributed by atoms with E-state index >= 15 is 4.39 Å².